The highest BCUT2D eigenvalue weighted by Gasteiger charge is 2.32. The maximum Gasteiger partial charge on any atom is 0.254 e. The average Bonchev–Trinajstić information content (AvgIpc) is 3.29. The Labute approximate surface area is 156 Å². The zero-order valence-electron chi connectivity index (χ0n) is 15.2. The lowest BCUT2D eigenvalue weighted by atomic mass is 10.1. The summed E-state index contributed by atoms with van der Waals surface area (Å²) >= 11 is 0. The molecule has 1 atom stereocenters. The predicted molar refractivity (Wildman–Crippen MR) is 98.1 cm³/mol. The molecule has 3 aromatic rings. The van der Waals surface area contributed by atoms with Crippen molar-refractivity contribution in [1.82, 2.24) is 20.0 Å². The van der Waals surface area contributed by atoms with Crippen molar-refractivity contribution in [2.75, 3.05) is 6.54 Å². The van der Waals surface area contributed by atoms with Crippen LogP contribution in [0.25, 0.3) is 11.3 Å². The van der Waals surface area contributed by atoms with Crippen molar-refractivity contribution in [2.45, 2.75) is 32.7 Å². The molecule has 138 valence electrons. The van der Waals surface area contributed by atoms with Crippen LogP contribution in [0.3, 0.4) is 0 Å². The van der Waals surface area contributed by atoms with E-state index < -0.39 is 0 Å². The molecule has 0 radical (unpaired) electrons. The molecular formula is C20H20N4O3. The van der Waals surface area contributed by atoms with Crippen LogP contribution in [0.1, 0.15) is 46.4 Å². The molecule has 1 aliphatic rings. The van der Waals surface area contributed by atoms with E-state index in [2.05, 4.69) is 10.1 Å². The number of rotatable bonds is 3. The van der Waals surface area contributed by atoms with Crippen molar-refractivity contribution in [3.63, 3.8) is 0 Å². The summed E-state index contributed by atoms with van der Waals surface area (Å²) in [6.45, 7) is 4.39. The van der Waals surface area contributed by atoms with Gasteiger partial charge in [-0.05, 0) is 51.0 Å². The molecule has 27 heavy (non-hydrogen) atoms. The predicted octanol–water partition coefficient (Wildman–Crippen LogP) is 3.43. The van der Waals surface area contributed by atoms with Crippen LogP contribution in [0.4, 0.5) is 0 Å². The topological polar surface area (TPSA) is 92.4 Å². The Morgan fingerprint density at radius 3 is 2.70 bits per heavy atom. The third-order valence-corrected chi connectivity index (χ3v) is 4.91. The standard InChI is InChI=1S/C20H20N4O3/c1-12-19(13(2)27-23-12)17-11-21-10-16(22-17)18-4-3-9-24(18)20(26)14-5-7-15(25)8-6-14/h5-8,10-11,18,25H,3-4,9H2,1-2H3. The van der Waals surface area contributed by atoms with Crippen molar-refractivity contribution < 1.29 is 14.4 Å². The number of hydrogen-bond acceptors (Lipinski definition) is 6. The zero-order chi connectivity index (χ0) is 19.0. The lowest BCUT2D eigenvalue weighted by Crippen LogP contribution is -2.31. The summed E-state index contributed by atoms with van der Waals surface area (Å²) in [7, 11) is 0. The number of carbonyl (C=O) groups is 1. The molecule has 0 spiro atoms. The van der Waals surface area contributed by atoms with Crippen molar-refractivity contribution in [3.05, 3.63) is 59.4 Å². The number of phenolic OH excluding ortho intramolecular Hbond substituents is 1. The maximum absolute atomic E-state index is 12.9. The number of aromatic hydroxyl groups is 1. The van der Waals surface area contributed by atoms with Gasteiger partial charge in [0.25, 0.3) is 5.91 Å². The Hall–Kier alpha value is -3.22. The smallest absolute Gasteiger partial charge is 0.254 e. The minimum Gasteiger partial charge on any atom is -0.508 e. The van der Waals surface area contributed by atoms with E-state index in [1.54, 1.807) is 24.5 Å². The first-order valence-corrected chi connectivity index (χ1v) is 8.90. The SMILES string of the molecule is Cc1noc(C)c1-c1cncc(C2CCCN2C(=O)c2ccc(O)cc2)n1. The molecule has 0 bridgehead atoms. The quantitative estimate of drug-likeness (QED) is 0.765. The summed E-state index contributed by atoms with van der Waals surface area (Å²) in [5, 5.41) is 13.4. The first-order valence-electron chi connectivity index (χ1n) is 8.90. The van der Waals surface area contributed by atoms with E-state index in [9.17, 15) is 9.90 Å². The molecule has 1 aliphatic heterocycles. The van der Waals surface area contributed by atoms with Gasteiger partial charge in [0.2, 0.25) is 0 Å². The molecule has 1 N–H and O–H groups in total. The number of aryl methyl sites for hydroxylation is 2. The summed E-state index contributed by atoms with van der Waals surface area (Å²) in [5.74, 6) is 0.770. The fraction of sp³-hybridized carbons (Fsp3) is 0.300. The van der Waals surface area contributed by atoms with Crippen LogP contribution in [0, 0.1) is 13.8 Å². The fourth-order valence-corrected chi connectivity index (χ4v) is 3.60. The number of amides is 1. The molecule has 1 saturated heterocycles. The molecular weight excluding hydrogens is 344 g/mol. The van der Waals surface area contributed by atoms with Gasteiger partial charge in [0.1, 0.15) is 11.5 Å². The summed E-state index contributed by atoms with van der Waals surface area (Å²) < 4.78 is 5.24. The van der Waals surface area contributed by atoms with Crippen LogP contribution in [-0.4, -0.2) is 37.6 Å². The second-order valence-electron chi connectivity index (χ2n) is 6.73. The lowest BCUT2D eigenvalue weighted by molar-refractivity contribution is 0.0732. The van der Waals surface area contributed by atoms with E-state index >= 15 is 0 Å². The van der Waals surface area contributed by atoms with Gasteiger partial charge in [-0.2, -0.15) is 0 Å². The number of phenols is 1. The van der Waals surface area contributed by atoms with Gasteiger partial charge >= 0.3 is 0 Å². The van der Waals surface area contributed by atoms with Gasteiger partial charge < -0.3 is 14.5 Å². The summed E-state index contributed by atoms with van der Waals surface area (Å²) in [6.07, 6.45) is 5.15. The summed E-state index contributed by atoms with van der Waals surface area (Å²) in [6, 6.07) is 6.20. The second kappa shape index (κ2) is 6.83. The zero-order valence-corrected chi connectivity index (χ0v) is 15.2. The second-order valence-corrected chi connectivity index (χ2v) is 6.73. The number of aromatic nitrogens is 3. The molecule has 7 heteroatoms. The van der Waals surface area contributed by atoms with E-state index in [1.807, 2.05) is 18.7 Å². The Morgan fingerprint density at radius 2 is 2.00 bits per heavy atom. The first kappa shape index (κ1) is 17.2. The van der Waals surface area contributed by atoms with E-state index in [1.165, 1.54) is 12.1 Å². The monoisotopic (exact) mass is 364 g/mol. The van der Waals surface area contributed by atoms with Crippen LogP contribution < -0.4 is 0 Å². The molecule has 3 heterocycles. The third-order valence-electron chi connectivity index (χ3n) is 4.91. The number of hydrogen-bond donors (Lipinski definition) is 1. The van der Waals surface area contributed by atoms with Crippen molar-refractivity contribution in [1.29, 1.82) is 0 Å². The number of benzene rings is 1. The van der Waals surface area contributed by atoms with Crippen molar-refractivity contribution in [3.8, 4) is 17.0 Å². The highest BCUT2D eigenvalue weighted by atomic mass is 16.5. The van der Waals surface area contributed by atoms with E-state index in [0.29, 0.717) is 23.6 Å². The Balaban J connectivity index is 1.65. The van der Waals surface area contributed by atoms with E-state index in [4.69, 9.17) is 9.51 Å². The highest BCUT2D eigenvalue weighted by molar-refractivity contribution is 5.94. The minimum absolute atomic E-state index is 0.0676. The van der Waals surface area contributed by atoms with Gasteiger partial charge in [-0.25, -0.2) is 4.98 Å². The highest BCUT2D eigenvalue weighted by Crippen LogP contribution is 2.33. The molecule has 1 aromatic carbocycles. The van der Waals surface area contributed by atoms with E-state index in [-0.39, 0.29) is 17.7 Å². The minimum atomic E-state index is -0.126. The van der Waals surface area contributed by atoms with Gasteiger partial charge in [0, 0.05) is 12.1 Å². The molecule has 0 aliphatic carbocycles. The van der Waals surface area contributed by atoms with Crippen LogP contribution in [0.15, 0.2) is 41.2 Å². The maximum atomic E-state index is 12.9. The van der Waals surface area contributed by atoms with Crippen molar-refractivity contribution in [2.24, 2.45) is 0 Å². The number of carbonyl (C=O) groups excluding carboxylic acids is 1. The Bertz CT molecular complexity index is 962. The van der Waals surface area contributed by atoms with Gasteiger partial charge in [-0.1, -0.05) is 5.16 Å². The van der Waals surface area contributed by atoms with Crippen LogP contribution in [0.2, 0.25) is 0 Å². The largest absolute Gasteiger partial charge is 0.508 e. The summed E-state index contributed by atoms with van der Waals surface area (Å²) in [4.78, 5) is 23.9. The number of nitrogens with zero attached hydrogens (tertiary/aromatic N) is 4. The fourth-order valence-electron chi connectivity index (χ4n) is 3.60. The number of likely N-dealkylation sites (tertiary alicyclic amines) is 1. The lowest BCUT2D eigenvalue weighted by Gasteiger charge is -2.24. The van der Waals surface area contributed by atoms with Crippen LogP contribution in [-0.2, 0) is 0 Å². The van der Waals surface area contributed by atoms with Gasteiger partial charge in [-0.15, -0.1) is 0 Å². The average molecular weight is 364 g/mol. The third kappa shape index (κ3) is 3.16. The van der Waals surface area contributed by atoms with Crippen LogP contribution >= 0.6 is 0 Å². The van der Waals surface area contributed by atoms with Gasteiger partial charge in [0.15, 0.2) is 0 Å². The Morgan fingerprint density at radius 1 is 1.22 bits per heavy atom. The summed E-state index contributed by atoms with van der Waals surface area (Å²) in [5.41, 5.74) is 3.63. The van der Waals surface area contributed by atoms with Gasteiger partial charge in [-0.3, -0.25) is 9.78 Å². The van der Waals surface area contributed by atoms with Crippen LogP contribution in [0.5, 0.6) is 5.75 Å². The molecule has 2 aromatic heterocycles. The van der Waals surface area contributed by atoms with E-state index in [0.717, 1.165) is 29.8 Å². The molecule has 1 amide bonds. The Kier molecular flexibility index (Phi) is 4.35. The normalized spacial score (nSPS) is 16.7. The molecule has 1 fully saturated rings. The molecule has 1 unspecified atom stereocenters. The molecule has 7 nitrogen and oxygen atoms in total. The first-order chi connectivity index (χ1) is 13.0. The van der Waals surface area contributed by atoms with Crippen molar-refractivity contribution >= 4 is 5.91 Å². The molecule has 0 saturated carbocycles. The van der Waals surface area contributed by atoms with Gasteiger partial charge in [0.05, 0.1) is 41.1 Å². The molecule has 4 rings (SSSR count).